The standard InChI is InChI=1S/C21H17F3N2O4/c22-21(23,24)15-9-14-13(8-17(15)30-11-12-4-2-1-3-5-12)10-26(20(14)29)16-6-7-18(27)25-19(16)28/h1-5,8-9,16H,6-7,10-11H2,(H,25,27,28). The Morgan fingerprint density at radius 1 is 1.10 bits per heavy atom. The third-order valence-corrected chi connectivity index (χ3v) is 5.17. The van der Waals surface area contributed by atoms with Crippen molar-refractivity contribution in [3.8, 4) is 5.75 Å². The molecule has 30 heavy (non-hydrogen) atoms. The number of carbonyl (C=O) groups is 3. The van der Waals surface area contributed by atoms with Crippen LogP contribution >= 0.6 is 0 Å². The maximum atomic E-state index is 13.6. The summed E-state index contributed by atoms with van der Waals surface area (Å²) in [6.07, 6.45) is -4.52. The van der Waals surface area contributed by atoms with Crippen LogP contribution in [0.3, 0.4) is 0 Å². The number of nitrogens with one attached hydrogen (secondary N) is 1. The first-order valence-electron chi connectivity index (χ1n) is 9.29. The van der Waals surface area contributed by atoms with E-state index in [0.29, 0.717) is 11.1 Å². The van der Waals surface area contributed by atoms with Gasteiger partial charge >= 0.3 is 6.18 Å². The third kappa shape index (κ3) is 3.74. The molecule has 4 rings (SSSR count). The zero-order chi connectivity index (χ0) is 21.5. The van der Waals surface area contributed by atoms with Crippen molar-refractivity contribution >= 4 is 17.7 Å². The molecule has 9 heteroatoms. The van der Waals surface area contributed by atoms with E-state index in [0.717, 1.165) is 6.07 Å². The molecule has 156 valence electrons. The lowest BCUT2D eigenvalue weighted by Crippen LogP contribution is -2.52. The van der Waals surface area contributed by atoms with Crippen molar-refractivity contribution in [3.63, 3.8) is 0 Å². The van der Waals surface area contributed by atoms with Gasteiger partial charge in [-0.1, -0.05) is 30.3 Å². The zero-order valence-electron chi connectivity index (χ0n) is 15.7. The van der Waals surface area contributed by atoms with Crippen LogP contribution in [0.25, 0.3) is 0 Å². The number of nitrogens with zero attached hydrogens (tertiary/aromatic N) is 1. The van der Waals surface area contributed by atoms with Gasteiger partial charge in [-0.3, -0.25) is 19.7 Å². The van der Waals surface area contributed by atoms with Crippen molar-refractivity contribution in [2.75, 3.05) is 0 Å². The fraction of sp³-hybridized carbons (Fsp3) is 0.286. The molecular weight excluding hydrogens is 401 g/mol. The van der Waals surface area contributed by atoms with Gasteiger partial charge in [-0.25, -0.2) is 0 Å². The average Bonchev–Trinajstić information content (AvgIpc) is 3.01. The molecule has 1 atom stereocenters. The van der Waals surface area contributed by atoms with Crippen molar-refractivity contribution in [1.82, 2.24) is 10.2 Å². The molecule has 6 nitrogen and oxygen atoms in total. The van der Waals surface area contributed by atoms with E-state index in [1.807, 2.05) is 0 Å². The minimum absolute atomic E-state index is 0.0275. The number of hydrogen-bond acceptors (Lipinski definition) is 4. The van der Waals surface area contributed by atoms with Crippen LogP contribution in [-0.2, 0) is 28.9 Å². The van der Waals surface area contributed by atoms with Gasteiger partial charge in [0.1, 0.15) is 18.4 Å². The number of fused-ring (bicyclic) bond motifs is 1. The maximum absolute atomic E-state index is 13.6. The second-order valence-electron chi connectivity index (χ2n) is 7.18. The molecule has 0 radical (unpaired) electrons. The van der Waals surface area contributed by atoms with Gasteiger partial charge in [-0.15, -0.1) is 0 Å². The normalized spacial score (nSPS) is 19.0. The van der Waals surface area contributed by atoms with E-state index in [2.05, 4.69) is 5.32 Å². The monoisotopic (exact) mass is 418 g/mol. The first-order chi connectivity index (χ1) is 14.2. The molecule has 2 aliphatic rings. The number of amides is 3. The summed E-state index contributed by atoms with van der Waals surface area (Å²) in [5, 5.41) is 2.16. The van der Waals surface area contributed by atoms with Crippen molar-refractivity contribution in [2.24, 2.45) is 0 Å². The number of alkyl halides is 3. The van der Waals surface area contributed by atoms with Crippen molar-refractivity contribution < 1.29 is 32.3 Å². The van der Waals surface area contributed by atoms with Gasteiger partial charge in [0.15, 0.2) is 0 Å². The number of rotatable bonds is 4. The molecule has 1 unspecified atom stereocenters. The average molecular weight is 418 g/mol. The van der Waals surface area contributed by atoms with Gasteiger partial charge in [0.25, 0.3) is 5.91 Å². The van der Waals surface area contributed by atoms with Crippen molar-refractivity contribution in [1.29, 1.82) is 0 Å². The Morgan fingerprint density at radius 2 is 1.83 bits per heavy atom. The van der Waals surface area contributed by atoms with E-state index in [1.54, 1.807) is 30.3 Å². The van der Waals surface area contributed by atoms with Crippen LogP contribution in [0, 0.1) is 0 Å². The van der Waals surface area contributed by atoms with Crippen molar-refractivity contribution in [2.45, 2.75) is 38.2 Å². The van der Waals surface area contributed by atoms with Gasteiger partial charge in [0.05, 0.1) is 5.56 Å². The minimum Gasteiger partial charge on any atom is -0.488 e. The van der Waals surface area contributed by atoms with E-state index in [4.69, 9.17) is 4.74 Å². The highest BCUT2D eigenvalue weighted by atomic mass is 19.4. The molecule has 0 spiro atoms. The number of hydrogen-bond donors (Lipinski definition) is 1. The first-order valence-corrected chi connectivity index (χ1v) is 9.29. The molecule has 1 N–H and O–H groups in total. The lowest BCUT2D eigenvalue weighted by molar-refractivity contribution is -0.139. The second-order valence-corrected chi connectivity index (χ2v) is 7.18. The molecule has 0 aromatic heterocycles. The number of piperidine rings is 1. The summed E-state index contributed by atoms with van der Waals surface area (Å²) in [5.74, 6) is -2.09. The molecule has 1 saturated heterocycles. The first kappa shape index (κ1) is 19.9. The predicted octanol–water partition coefficient (Wildman–Crippen LogP) is 3.05. The van der Waals surface area contributed by atoms with Gasteiger partial charge in [0, 0.05) is 18.5 Å². The van der Waals surface area contributed by atoms with Crippen LogP contribution in [-0.4, -0.2) is 28.7 Å². The zero-order valence-corrected chi connectivity index (χ0v) is 15.7. The number of benzene rings is 2. The van der Waals surface area contributed by atoms with E-state index >= 15 is 0 Å². The van der Waals surface area contributed by atoms with Crippen LogP contribution < -0.4 is 10.1 Å². The van der Waals surface area contributed by atoms with Crippen LogP contribution in [0.2, 0.25) is 0 Å². The smallest absolute Gasteiger partial charge is 0.419 e. The molecule has 0 saturated carbocycles. The van der Waals surface area contributed by atoms with Gasteiger partial charge in [0.2, 0.25) is 11.8 Å². The quantitative estimate of drug-likeness (QED) is 0.775. The molecule has 2 aromatic carbocycles. The summed E-state index contributed by atoms with van der Waals surface area (Å²) in [7, 11) is 0. The third-order valence-electron chi connectivity index (χ3n) is 5.17. The van der Waals surface area contributed by atoms with Gasteiger partial charge in [-0.2, -0.15) is 13.2 Å². The van der Waals surface area contributed by atoms with Gasteiger partial charge < -0.3 is 9.64 Å². The molecule has 0 bridgehead atoms. The van der Waals surface area contributed by atoms with Crippen LogP contribution in [0.15, 0.2) is 42.5 Å². The summed E-state index contributed by atoms with van der Waals surface area (Å²) in [6, 6.07) is 9.85. The highest BCUT2D eigenvalue weighted by Crippen LogP contribution is 2.41. The van der Waals surface area contributed by atoms with Crippen molar-refractivity contribution in [3.05, 3.63) is 64.7 Å². The van der Waals surface area contributed by atoms with Crippen LogP contribution in [0.4, 0.5) is 13.2 Å². The lowest BCUT2D eigenvalue weighted by Gasteiger charge is -2.29. The molecule has 3 amide bonds. The van der Waals surface area contributed by atoms with Crippen LogP contribution in [0.5, 0.6) is 5.75 Å². The highest BCUT2D eigenvalue weighted by Gasteiger charge is 2.42. The van der Waals surface area contributed by atoms with E-state index < -0.39 is 35.5 Å². The summed E-state index contributed by atoms with van der Waals surface area (Å²) in [4.78, 5) is 37.4. The minimum atomic E-state index is -4.72. The molecule has 0 aliphatic carbocycles. The fourth-order valence-corrected chi connectivity index (χ4v) is 3.67. The molecule has 2 aromatic rings. The Kier molecular flexibility index (Phi) is 4.97. The molecule has 1 fully saturated rings. The predicted molar refractivity (Wildman–Crippen MR) is 98.3 cm³/mol. The summed E-state index contributed by atoms with van der Waals surface area (Å²) < 4.78 is 46.3. The van der Waals surface area contributed by atoms with Crippen LogP contribution in [0.1, 0.15) is 39.9 Å². The number of imide groups is 1. The lowest BCUT2D eigenvalue weighted by atomic mass is 10.0. The second kappa shape index (κ2) is 7.47. The number of carbonyl (C=O) groups excluding carboxylic acids is 3. The Balaban J connectivity index is 1.63. The maximum Gasteiger partial charge on any atom is 0.419 e. The molecule has 2 heterocycles. The highest BCUT2D eigenvalue weighted by molar-refractivity contribution is 6.05. The Labute approximate surface area is 169 Å². The SMILES string of the molecule is O=C1CCC(N2Cc3cc(OCc4ccccc4)c(C(F)(F)F)cc3C2=O)C(=O)N1. The Hall–Kier alpha value is -3.36. The number of ether oxygens (including phenoxy) is 1. The van der Waals surface area contributed by atoms with E-state index in [9.17, 15) is 27.6 Å². The van der Waals surface area contributed by atoms with E-state index in [-0.39, 0.29) is 37.3 Å². The number of halogens is 3. The fourth-order valence-electron chi connectivity index (χ4n) is 3.67. The van der Waals surface area contributed by atoms with E-state index in [1.165, 1.54) is 11.0 Å². The molecular formula is C21H17F3N2O4. The summed E-state index contributed by atoms with van der Waals surface area (Å²) in [6.45, 7) is -0.0895. The Morgan fingerprint density at radius 3 is 2.50 bits per heavy atom. The topological polar surface area (TPSA) is 75.7 Å². The summed E-state index contributed by atoms with van der Waals surface area (Å²) >= 11 is 0. The van der Waals surface area contributed by atoms with Gasteiger partial charge in [-0.05, 0) is 29.7 Å². The Bertz CT molecular complexity index is 1020. The molecule has 2 aliphatic heterocycles. The summed E-state index contributed by atoms with van der Waals surface area (Å²) in [5.41, 5.74) is -0.108. The largest absolute Gasteiger partial charge is 0.488 e.